The minimum absolute atomic E-state index is 0.00651. The van der Waals surface area contributed by atoms with E-state index in [-0.39, 0.29) is 11.4 Å². The maximum Gasteiger partial charge on any atom is 0.311 e. The fraction of sp³-hybridized carbons (Fsp3) is 0. The maximum absolute atomic E-state index is 10.8. The fourth-order valence-corrected chi connectivity index (χ4v) is 1.73. The normalized spacial score (nSPS) is 10.2. The van der Waals surface area contributed by atoms with Crippen LogP contribution in [0, 0.1) is 20.2 Å². The van der Waals surface area contributed by atoms with Gasteiger partial charge in [-0.15, -0.1) is 0 Å². The van der Waals surface area contributed by atoms with Gasteiger partial charge in [0.2, 0.25) is 0 Å². The summed E-state index contributed by atoms with van der Waals surface area (Å²) in [6, 6.07) is 7.83. The van der Waals surface area contributed by atoms with Gasteiger partial charge in [0.1, 0.15) is 5.69 Å². The summed E-state index contributed by atoms with van der Waals surface area (Å²) >= 11 is 0. The molecule has 8 nitrogen and oxygen atoms in total. The van der Waals surface area contributed by atoms with Crippen LogP contribution in [0.1, 0.15) is 0 Å². The van der Waals surface area contributed by atoms with Crippen molar-refractivity contribution < 1.29 is 15.0 Å². The molecule has 20 heavy (non-hydrogen) atoms. The van der Waals surface area contributed by atoms with Gasteiger partial charge >= 0.3 is 5.69 Å². The molecule has 0 aromatic heterocycles. The number of hydrogen-bond donors (Lipinski definition) is 2. The Morgan fingerprint density at radius 3 is 1.95 bits per heavy atom. The molecule has 0 heterocycles. The van der Waals surface area contributed by atoms with Crippen LogP contribution in [0.2, 0.25) is 0 Å². The molecular weight excluding hydrogens is 266 g/mol. The van der Waals surface area contributed by atoms with Crippen molar-refractivity contribution in [2.75, 3.05) is 5.73 Å². The van der Waals surface area contributed by atoms with Gasteiger partial charge in [0.05, 0.1) is 9.85 Å². The number of nitro groups is 2. The summed E-state index contributed by atoms with van der Waals surface area (Å²) in [5, 5.41) is 30.9. The van der Waals surface area contributed by atoms with E-state index in [1.54, 1.807) is 0 Å². The number of nitro benzene ring substituents is 2. The van der Waals surface area contributed by atoms with Gasteiger partial charge in [-0.25, -0.2) is 0 Å². The summed E-state index contributed by atoms with van der Waals surface area (Å²) in [4.78, 5) is 20.2. The molecule has 0 bridgehead atoms. The molecule has 2 aromatic rings. The predicted molar refractivity (Wildman–Crippen MR) is 71.3 cm³/mol. The number of hydrogen-bond acceptors (Lipinski definition) is 6. The zero-order valence-corrected chi connectivity index (χ0v) is 10.0. The highest BCUT2D eigenvalue weighted by Gasteiger charge is 2.17. The number of nitrogen functional groups attached to an aromatic ring is 1. The Labute approximate surface area is 112 Å². The summed E-state index contributed by atoms with van der Waals surface area (Å²) in [6.45, 7) is 0. The average molecular weight is 275 g/mol. The molecule has 3 N–H and O–H groups in total. The molecule has 0 amide bonds. The maximum atomic E-state index is 10.8. The first-order valence-corrected chi connectivity index (χ1v) is 5.42. The van der Waals surface area contributed by atoms with E-state index >= 15 is 0 Å². The first-order valence-electron chi connectivity index (χ1n) is 5.42. The Morgan fingerprint density at radius 1 is 0.900 bits per heavy atom. The number of phenolic OH excluding ortho intramolecular Hbond substituents is 1. The van der Waals surface area contributed by atoms with E-state index in [1.165, 1.54) is 24.3 Å². The molecule has 8 heteroatoms. The van der Waals surface area contributed by atoms with Crippen molar-refractivity contribution in [2.45, 2.75) is 0 Å². The topological polar surface area (TPSA) is 133 Å². The van der Waals surface area contributed by atoms with E-state index in [0.29, 0.717) is 11.1 Å². The zero-order valence-electron chi connectivity index (χ0n) is 10.0. The molecular formula is C12H9N3O5. The molecule has 0 unspecified atom stereocenters. The van der Waals surface area contributed by atoms with Crippen molar-refractivity contribution in [1.82, 2.24) is 0 Å². The van der Waals surface area contributed by atoms with Gasteiger partial charge in [-0.2, -0.15) is 0 Å². The lowest BCUT2D eigenvalue weighted by molar-refractivity contribution is -0.385. The molecule has 0 saturated carbocycles. The number of aromatic hydroxyl groups is 1. The largest absolute Gasteiger partial charge is 0.502 e. The van der Waals surface area contributed by atoms with Gasteiger partial charge in [0.25, 0.3) is 5.69 Å². The monoisotopic (exact) mass is 275 g/mol. The molecule has 0 saturated heterocycles. The Bertz CT molecular complexity index is 653. The Hall–Kier alpha value is -3.16. The molecule has 0 spiro atoms. The number of nitrogens with two attached hydrogens (primary N) is 1. The number of anilines is 1. The van der Waals surface area contributed by atoms with Crippen molar-refractivity contribution in [3.63, 3.8) is 0 Å². The van der Waals surface area contributed by atoms with E-state index in [9.17, 15) is 25.3 Å². The molecule has 0 aliphatic heterocycles. The highest BCUT2D eigenvalue weighted by Crippen LogP contribution is 2.34. The van der Waals surface area contributed by atoms with Crippen molar-refractivity contribution in [3.8, 4) is 16.9 Å². The molecule has 0 fully saturated rings. The quantitative estimate of drug-likeness (QED) is 0.502. The Morgan fingerprint density at radius 2 is 1.40 bits per heavy atom. The van der Waals surface area contributed by atoms with Crippen molar-refractivity contribution >= 4 is 17.1 Å². The second kappa shape index (κ2) is 4.84. The second-order valence-electron chi connectivity index (χ2n) is 3.99. The average Bonchev–Trinajstić information content (AvgIpc) is 2.39. The van der Waals surface area contributed by atoms with Crippen LogP contribution in [0.4, 0.5) is 17.1 Å². The summed E-state index contributed by atoms with van der Waals surface area (Å²) in [5.74, 6) is -0.469. The standard InChI is InChI=1S/C12H9N3O5/c13-9-3-1-7(5-10(9)14(17)18)8-2-4-12(16)11(6-8)15(19)20/h1-6,16H,13H2. The van der Waals surface area contributed by atoms with E-state index in [1.807, 2.05) is 0 Å². The van der Waals surface area contributed by atoms with Gasteiger partial charge in [0, 0.05) is 12.1 Å². The summed E-state index contributed by atoms with van der Waals surface area (Å²) in [5.41, 5.74) is 5.51. The van der Waals surface area contributed by atoms with Gasteiger partial charge in [0.15, 0.2) is 5.75 Å². The first-order chi connectivity index (χ1) is 9.40. The second-order valence-corrected chi connectivity index (χ2v) is 3.99. The van der Waals surface area contributed by atoms with Crippen molar-refractivity contribution in [2.24, 2.45) is 0 Å². The first kappa shape index (κ1) is 13.3. The molecule has 0 radical (unpaired) electrons. The number of benzene rings is 2. The van der Waals surface area contributed by atoms with Gasteiger partial charge in [-0.1, -0.05) is 12.1 Å². The van der Waals surface area contributed by atoms with Crippen LogP contribution in [0.3, 0.4) is 0 Å². The summed E-state index contributed by atoms with van der Waals surface area (Å²) < 4.78 is 0. The SMILES string of the molecule is Nc1ccc(-c2ccc(O)c([N+](=O)[O-])c2)cc1[N+](=O)[O-]. The van der Waals surface area contributed by atoms with E-state index < -0.39 is 21.3 Å². The number of phenols is 1. The van der Waals surface area contributed by atoms with Crippen LogP contribution in [-0.4, -0.2) is 15.0 Å². The van der Waals surface area contributed by atoms with Crippen molar-refractivity contribution in [3.05, 3.63) is 56.6 Å². The third-order valence-corrected chi connectivity index (χ3v) is 2.73. The summed E-state index contributed by atoms with van der Waals surface area (Å²) in [6.07, 6.45) is 0. The van der Waals surface area contributed by atoms with Gasteiger partial charge in [-0.3, -0.25) is 20.2 Å². The molecule has 102 valence electrons. The third-order valence-electron chi connectivity index (χ3n) is 2.73. The molecule has 0 aliphatic carbocycles. The fourth-order valence-electron chi connectivity index (χ4n) is 1.73. The van der Waals surface area contributed by atoms with Crippen LogP contribution < -0.4 is 5.73 Å². The van der Waals surface area contributed by atoms with Crippen LogP contribution >= 0.6 is 0 Å². The predicted octanol–water partition coefficient (Wildman–Crippen LogP) is 2.46. The van der Waals surface area contributed by atoms with Gasteiger partial charge < -0.3 is 10.8 Å². The van der Waals surface area contributed by atoms with Gasteiger partial charge in [-0.05, 0) is 23.3 Å². The van der Waals surface area contributed by atoms with Crippen LogP contribution in [0.15, 0.2) is 36.4 Å². The third kappa shape index (κ3) is 2.34. The summed E-state index contributed by atoms with van der Waals surface area (Å²) in [7, 11) is 0. The van der Waals surface area contributed by atoms with E-state index in [2.05, 4.69) is 0 Å². The van der Waals surface area contributed by atoms with Crippen LogP contribution in [-0.2, 0) is 0 Å². The van der Waals surface area contributed by atoms with Crippen LogP contribution in [0.25, 0.3) is 11.1 Å². The lowest BCUT2D eigenvalue weighted by atomic mass is 10.0. The van der Waals surface area contributed by atoms with Crippen LogP contribution in [0.5, 0.6) is 5.75 Å². The molecule has 2 rings (SSSR count). The molecule has 0 aliphatic rings. The molecule has 2 aromatic carbocycles. The van der Waals surface area contributed by atoms with E-state index in [4.69, 9.17) is 5.73 Å². The highest BCUT2D eigenvalue weighted by atomic mass is 16.6. The Kier molecular flexibility index (Phi) is 3.21. The lowest BCUT2D eigenvalue weighted by Crippen LogP contribution is -1.96. The number of rotatable bonds is 3. The highest BCUT2D eigenvalue weighted by molar-refractivity contribution is 5.74. The molecule has 0 atom stereocenters. The zero-order chi connectivity index (χ0) is 14.9. The minimum Gasteiger partial charge on any atom is -0.502 e. The smallest absolute Gasteiger partial charge is 0.311 e. The minimum atomic E-state index is -0.732. The Balaban J connectivity index is 2.57. The number of nitrogens with zero attached hydrogens (tertiary/aromatic N) is 2. The van der Waals surface area contributed by atoms with Crippen molar-refractivity contribution in [1.29, 1.82) is 0 Å². The van der Waals surface area contributed by atoms with E-state index in [0.717, 1.165) is 12.1 Å². The lowest BCUT2D eigenvalue weighted by Gasteiger charge is -2.04.